The van der Waals surface area contributed by atoms with Gasteiger partial charge in [-0.1, -0.05) is 18.1 Å². The van der Waals surface area contributed by atoms with Crippen molar-refractivity contribution >= 4 is 0 Å². The Balaban J connectivity index is 2.00. The molecule has 1 aromatic heterocycles. The van der Waals surface area contributed by atoms with Crippen LogP contribution in [0.1, 0.15) is 25.3 Å². The third-order valence-corrected chi connectivity index (χ3v) is 2.92. The SMILES string of the molecule is CCC(O)c1noc(-c2cccc3c2OCCO3)n1. The zero-order valence-electron chi connectivity index (χ0n) is 10.5. The molecule has 1 aromatic carbocycles. The van der Waals surface area contributed by atoms with E-state index in [2.05, 4.69) is 10.1 Å². The second-order valence-electron chi connectivity index (χ2n) is 4.21. The van der Waals surface area contributed by atoms with E-state index in [9.17, 15) is 5.11 Å². The fourth-order valence-corrected chi connectivity index (χ4v) is 1.90. The minimum absolute atomic E-state index is 0.284. The highest BCUT2D eigenvalue weighted by molar-refractivity contribution is 5.67. The van der Waals surface area contributed by atoms with E-state index in [1.807, 2.05) is 25.1 Å². The fourth-order valence-electron chi connectivity index (χ4n) is 1.90. The Hall–Kier alpha value is -2.08. The molecule has 0 bridgehead atoms. The van der Waals surface area contributed by atoms with Crippen LogP contribution >= 0.6 is 0 Å². The topological polar surface area (TPSA) is 77.6 Å². The maximum absolute atomic E-state index is 9.69. The maximum atomic E-state index is 9.69. The molecule has 2 aromatic rings. The Morgan fingerprint density at radius 2 is 2.16 bits per heavy atom. The van der Waals surface area contributed by atoms with Gasteiger partial charge in [0.05, 0.1) is 5.56 Å². The zero-order valence-corrected chi connectivity index (χ0v) is 10.5. The van der Waals surface area contributed by atoms with Crippen LogP contribution in [0.15, 0.2) is 22.7 Å². The number of hydrogen-bond donors (Lipinski definition) is 1. The van der Waals surface area contributed by atoms with E-state index in [1.54, 1.807) is 0 Å². The third-order valence-electron chi connectivity index (χ3n) is 2.92. The molecule has 0 spiro atoms. The molecule has 6 nitrogen and oxygen atoms in total. The first-order valence-electron chi connectivity index (χ1n) is 6.20. The number of fused-ring (bicyclic) bond motifs is 1. The summed E-state index contributed by atoms with van der Waals surface area (Å²) >= 11 is 0. The monoisotopic (exact) mass is 262 g/mol. The van der Waals surface area contributed by atoms with Crippen molar-refractivity contribution in [2.45, 2.75) is 19.4 Å². The summed E-state index contributed by atoms with van der Waals surface area (Å²) in [6.45, 7) is 2.87. The number of para-hydroxylation sites is 1. The minimum atomic E-state index is -0.714. The second kappa shape index (κ2) is 4.89. The molecule has 100 valence electrons. The van der Waals surface area contributed by atoms with E-state index < -0.39 is 6.10 Å². The first kappa shape index (κ1) is 12.0. The average molecular weight is 262 g/mol. The predicted octanol–water partition coefficient (Wildman–Crippen LogP) is 1.95. The fraction of sp³-hybridized carbons (Fsp3) is 0.385. The molecule has 0 amide bonds. The van der Waals surface area contributed by atoms with Gasteiger partial charge in [-0.05, 0) is 18.6 Å². The van der Waals surface area contributed by atoms with Crippen molar-refractivity contribution in [1.29, 1.82) is 0 Å². The van der Waals surface area contributed by atoms with E-state index in [0.29, 0.717) is 42.6 Å². The van der Waals surface area contributed by atoms with Gasteiger partial charge in [0.2, 0.25) is 5.82 Å². The zero-order chi connectivity index (χ0) is 13.2. The summed E-state index contributed by atoms with van der Waals surface area (Å²) in [5.41, 5.74) is 0.680. The molecular formula is C13H14N2O4. The van der Waals surface area contributed by atoms with Gasteiger partial charge in [-0.3, -0.25) is 0 Å². The summed E-state index contributed by atoms with van der Waals surface area (Å²) in [5.74, 6) is 1.88. The Kier molecular flexibility index (Phi) is 3.08. The smallest absolute Gasteiger partial charge is 0.261 e. The van der Waals surface area contributed by atoms with Crippen LogP contribution in [0.2, 0.25) is 0 Å². The molecule has 1 unspecified atom stereocenters. The maximum Gasteiger partial charge on any atom is 0.261 e. The summed E-state index contributed by atoms with van der Waals surface area (Å²) in [7, 11) is 0. The second-order valence-corrected chi connectivity index (χ2v) is 4.21. The van der Waals surface area contributed by atoms with Gasteiger partial charge in [0.25, 0.3) is 5.89 Å². The van der Waals surface area contributed by atoms with E-state index in [-0.39, 0.29) is 5.82 Å². The van der Waals surface area contributed by atoms with E-state index in [0.717, 1.165) is 0 Å². The van der Waals surface area contributed by atoms with Gasteiger partial charge >= 0.3 is 0 Å². The molecule has 6 heteroatoms. The molecule has 19 heavy (non-hydrogen) atoms. The van der Waals surface area contributed by atoms with Gasteiger partial charge in [-0.15, -0.1) is 0 Å². The molecule has 3 rings (SSSR count). The number of hydrogen-bond acceptors (Lipinski definition) is 6. The van der Waals surface area contributed by atoms with E-state index in [4.69, 9.17) is 14.0 Å². The molecule has 1 aliphatic heterocycles. The molecule has 0 saturated carbocycles. The largest absolute Gasteiger partial charge is 0.486 e. The predicted molar refractivity (Wildman–Crippen MR) is 66.0 cm³/mol. The van der Waals surface area contributed by atoms with Crippen LogP contribution in [0.5, 0.6) is 11.5 Å². The number of aliphatic hydroxyl groups is 1. The molecule has 1 atom stereocenters. The normalized spacial score (nSPS) is 15.3. The first-order chi connectivity index (χ1) is 9.29. The number of aromatic nitrogens is 2. The van der Waals surface area contributed by atoms with Crippen molar-refractivity contribution in [3.8, 4) is 23.0 Å². The molecule has 0 fully saturated rings. The first-order valence-corrected chi connectivity index (χ1v) is 6.20. The van der Waals surface area contributed by atoms with Crippen LogP contribution in [-0.2, 0) is 0 Å². The summed E-state index contributed by atoms with van der Waals surface area (Å²) in [5, 5.41) is 13.5. The van der Waals surface area contributed by atoms with Gasteiger partial charge in [-0.25, -0.2) is 0 Å². The van der Waals surface area contributed by atoms with Gasteiger partial charge in [0, 0.05) is 0 Å². The third kappa shape index (κ3) is 2.15. The summed E-state index contributed by atoms with van der Waals surface area (Å²) < 4.78 is 16.3. The van der Waals surface area contributed by atoms with Gasteiger partial charge < -0.3 is 19.1 Å². The number of ether oxygens (including phenoxy) is 2. The highest BCUT2D eigenvalue weighted by Gasteiger charge is 2.22. The van der Waals surface area contributed by atoms with Gasteiger partial charge in [0.15, 0.2) is 11.5 Å². The molecular weight excluding hydrogens is 248 g/mol. The van der Waals surface area contributed by atoms with Crippen LogP contribution < -0.4 is 9.47 Å². The van der Waals surface area contributed by atoms with Crippen LogP contribution in [0.3, 0.4) is 0 Å². The van der Waals surface area contributed by atoms with Crippen molar-refractivity contribution in [2.24, 2.45) is 0 Å². The van der Waals surface area contributed by atoms with Crippen LogP contribution in [0, 0.1) is 0 Å². The lowest BCUT2D eigenvalue weighted by Gasteiger charge is -2.19. The molecule has 1 aliphatic rings. The molecule has 2 heterocycles. The average Bonchev–Trinajstić information content (AvgIpc) is 2.95. The van der Waals surface area contributed by atoms with Crippen molar-refractivity contribution in [1.82, 2.24) is 10.1 Å². The van der Waals surface area contributed by atoms with Crippen molar-refractivity contribution in [3.63, 3.8) is 0 Å². The number of nitrogens with zero attached hydrogens (tertiary/aromatic N) is 2. The Morgan fingerprint density at radius 3 is 3.00 bits per heavy atom. The highest BCUT2D eigenvalue weighted by atomic mass is 16.6. The Labute approximate surface area is 110 Å². The standard InChI is InChI=1S/C13H14N2O4/c1-2-9(16)12-14-13(19-15-12)8-4-3-5-10-11(8)18-7-6-17-10/h3-5,9,16H,2,6-7H2,1H3. The van der Waals surface area contributed by atoms with Crippen molar-refractivity contribution < 1.29 is 19.1 Å². The quantitative estimate of drug-likeness (QED) is 0.911. The minimum Gasteiger partial charge on any atom is -0.486 e. The van der Waals surface area contributed by atoms with Gasteiger partial charge in [0.1, 0.15) is 19.3 Å². The summed E-state index contributed by atoms with van der Waals surface area (Å²) in [6.07, 6.45) is -0.180. The van der Waals surface area contributed by atoms with E-state index >= 15 is 0 Å². The molecule has 0 aliphatic carbocycles. The number of aliphatic hydroxyl groups excluding tert-OH is 1. The van der Waals surface area contributed by atoms with E-state index in [1.165, 1.54) is 0 Å². The lowest BCUT2D eigenvalue weighted by atomic mass is 10.1. The molecule has 0 saturated heterocycles. The lowest BCUT2D eigenvalue weighted by molar-refractivity contribution is 0.159. The van der Waals surface area contributed by atoms with Crippen LogP contribution in [-0.4, -0.2) is 28.5 Å². The summed E-state index contributed by atoms with van der Waals surface area (Å²) in [6, 6.07) is 5.49. The number of rotatable bonds is 3. The van der Waals surface area contributed by atoms with Gasteiger partial charge in [-0.2, -0.15) is 4.98 Å². The molecule has 0 radical (unpaired) electrons. The van der Waals surface area contributed by atoms with Crippen LogP contribution in [0.25, 0.3) is 11.5 Å². The van der Waals surface area contributed by atoms with Crippen molar-refractivity contribution in [2.75, 3.05) is 13.2 Å². The Bertz CT molecular complexity index is 582. The highest BCUT2D eigenvalue weighted by Crippen LogP contribution is 2.39. The molecule has 1 N–H and O–H groups in total. The van der Waals surface area contributed by atoms with Crippen molar-refractivity contribution in [3.05, 3.63) is 24.0 Å². The Morgan fingerprint density at radius 1 is 1.32 bits per heavy atom. The number of benzene rings is 1. The summed E-state index contributed by atoms with van der Waals surface area (Å²) in [4.78, 5) is 4.20. The lowest BCUT2D eigenvalue weighted by Crippen LogP contribution is -2.15. The van der Waals surface area contributed by atoms with Crippen LogP contribution in [0.4, 0.5) is 0 Å².